The first-order valence-electron chi connectivity index (χ1n) is 12.2. The first-order valence-corrected chi connectivity index (χ1v) is 12.2. The summed E-state index contributed by atoms with van der Waals surface area (Å²) >= 11 is 0. The van der Waals surface area contributed by atoms with Crippen molar-refractivity contribution in [1.29, 1.82) is 0 Å². The summed E-state index contributed by atoms with van der Waals surface area (Å²) < 4.78 is 41.1. The van der Waals surface area contributed by atoms with Crippen molar-refractivity contribution in [3.05, 3.63) is 0 Å². The van der Waals surface area contributed by atoms with Crippen molar-refractivity contribution in [2.45, 2.75) is 112 Å². The van der Waals surface area contributed by atoms with E-state index in [4.69, 9.17) is 46.6 Å². The van der Waals surface area contributed by atoms with Crippen LogP contribution >= 0.6 is 0 Å². The zero-order valence-corrected chi connectivity index (χ0v) is 20.2. The second kappa shape index (κ2) is 12.9. The van der Waals surface area contributed by atoms with Crippen LogP contribution in [0.5, 0.6) is 0 Å². The molecule has 212 valence electrons. The maximum Gasteiger partial charge on any atom is 0.187 e. The number of nitrogens with two attached hydrogens (primary N) is 4. The van der Waals surface area contributed by atoms with Crippen molar-refractivity contribution in [3.8, 4) is 0 Å². The fourth-order valence-corrected chi connectivity index (χ4v) is 4.77. The molecule has 13 N–H and O–H groups in total. The lowest BCUT2D eigenvalue weighted by atomic mass is 9.84. The van der Waals surface area contributed by atoms with Crippen molar-refractivity contribution in [2.24, 2.45) is 22.9 Å². The van der Waals surface area contributed by atoms with Crippen LogP contribution in [0.25, 0.3) is 0 Å². The van der Waals surface area contributed by atoms with E-state index in [-0.39, 0.29) is 26.0 Å². The lowest BCUT2D eigenvalue weighted by Crippen LogP contribution is -2.69. The number of aliphatic hydroxyl groups excluding tert-OH is 5. The highest BCUT2D eigenvalue weighted by atomic mass is 19.1. The minimum atomic E-state index is -1.51. The molecule has 3 fully saturated rings. The van der Waals surface area contributed by atoms with Gasteiger partial charge in [0, 0.05) is 25.2 Å². The van der Waals surface area contributed by atoms with Gasteiger partial charge in [0.2, 0.25) is 0 Å². The van der Waals surface area contributed by atoms with Crippen LogP contribution in [-0.4, -0.2) is 137 Å². The molecule has 0 spiro atoms. The summed E-state index contributed by atoms with van der Waals surface area (Å²) in [5.74, 6) is 0. The zero-order valence-electron chi connectivity index (χ0n) is 20.2. The van der Waals surface area contributed by atoms with Crippen molar-refractivity contribution >= 4 is 0 Å². The van der Waals surface area contributed by atoms with E-state index in [2.05, 4.69) is 0 Å². The van der Waals surface area contributed by atoms with Crippen molar-refractivity contribution < 1.29 is 53.6 Å². The number of alkyl halides is 1. The number of halogens is 1. The predicted molar refractivity (Wildman–Crippen MR) is 121 cm³/mol. The molecule has 2 heterocycles. The van der Waals surface area contributed by atoms with Crippen molar-refractivity contribution in [1.82, 2.24) is 0 Å². The minimum Gasteiger partial charge on any atom is -0.389 e. The van der Waals surface area contributed by atoms with Gasteiger partial charge in [-0.25, -0.2) is 0 Å². The van der Waals surface area contributed by atoms with E-state index in [1.54, 1.807) is 0 Å². The molecule has 1 aliphatic carbocycles. The third kappa shape index (κ3) is 6.32. The fourth-order valence-electron chi connectivity index (χ4n) is 4.77. The fraction of sp³-hybridized carbons (Fsp3) is 1.00. The summed E-state index contributed by atoms with van der Waals surface area (Å²) in [4.78, 5) is 0. The van der Waals surface area contributed by atoms with Crippen molar-refractivity contribution in [2.75, 3.05) is 19.8 Å². The molecule has 2 saturated heterocycles. The van der Waals surface area contributed by atoms with Gasteiger partial charge in [-0.3, -0.25) is 4.39 Å². The van der Waals surface area contributed by atoms with E-state index in [0.29, 0.717) is 0 Å². The molecule has 0 radical (unpaired) electrons. The van der Waals surface area contributed by atoms with Gasteiger partial charge in [-0.2, -0.15) is 0 Å². The quantitative estimate of drug-likeness (QED) is 0.127. The molecule has 3 aliphatic rings. The van der Waals surface area contributed by atoms with Gasteiger partial charge < -0.3 is 72.2 Å². The maximum atomic E-state index is 12.5. The summed E-state index contributed by atoms with van der Waals surface area (Å²) in [5, 5.41) is 52.5. The number of hydrogen-bond donors (Lipinski definition) is 9. The van der Waals surface area contributed by atoms with E-state index in [9.17, 15) is 29.9 Å². The molecule has 0 aromatic rings. The Hall–Kier alpha value is -0.630. The molecule has 0 amide bonds. The highest BCUT2D eigenvalue weighted by Crippen LogP contribution is 2.32. The van der Waals surface area contributed by atoms with E-state index in [1.165, 1.54) is 6.92 Å². The van der Waals surface area contributed by atoms with E-state index >= 15 is 0 Å². The Labute approximate surface area is 208 Å². The Morgan fingerprint density at radius 2 is 1.47 bits per heavy atom. The normalized spacial score (nSPS) is 50.2. The molecule has 0 bridgehead atoms. The third-order valence-electron chi connectivity index (χ3n) is 7.00. The summed E-state index contributed by atoms with van der Waals surface area (Å²) in [5.41, 5.74) is 24.0. The topological polar surface area (TPSA) is 251 Å². The van der Waals surface area contributed by atoms with Crippen LogP contribution in [0.2, 0.25) is 0 Å². The Morgan fingerprint density at radius 3 is 2.11 bits per heavy atom. The van der Waals surface area contributed by atoms with Crippen LogP contribution < -0.4 is 22.9 Å². The first-order chi connectivity index (χ1) is 17.0. The van der Waals surface area contributed by atoms with Gasteiger partial charge in [-0.05, 0) is 19.8 Å². The number of ether oxygens (including phenoxy) is 5. The average molecular weight is 529 g/mol. The zero-order chi connectivity index (χ0) is 26.7. The van der Waals surface area contributed by atoms with Gasteiger partial charge in [0.15, 0.2) is 12.6 Å². The second-order valence-electron chi connectivity index (χ2n) is 9.66. The van der Waals surface area contributed by atoms with Crippen LogP contribution in [0.3, 0.4) is 0 Å². The van der Waals surface area contributed by atoms with Crippen LogP contribution in [0.4, 0.5) is 4.39 Å². The van der Waals surface area contributed by atoms with Gasteiger partial charge in [0.1, 0.15) is 48.8 Å². The lowest BCUT2D eigenvalue weighted by Gasteiger charge is -2.49. The smallest absolute Gasteiger partial charge is 0.187 e. The minimum absolute atomic E-state index is 0.0460. The second-order valence-corrected chi connectivity index (χ2v) is 9.66. The highest BCUT2D eigenvalue weighted by Gasteiger charge is 2.52. The van der Waals surface area contributed by atoms with Gasteiger partial charge in [-0.15, -0.1) is 0 Å². The number of hydrogen-bond acceptors (Lipinski definition) is 14. The molecule has 0 unspecified atom stereocenters. The molecule has 36 heavy (non-hydrogen) atoms. The molecule has 3 rings (SSSR count). The Morgan fingerprint density at radius 1 is 0.806 bits per heavy atom. The first kappa shape index (κ1) is 29.9. The molecule has 1 saturated carbocycles. The molecule has 15 atom stereocenters. The largest absolute Gasteiger partial charge is 0.389 e. The molecular formula is C21H41FN4O10. The Bertz CT molecular complexity index is 687. The number of rotatable bonds is 9. The molecule has 14 nitrogen and oxygen atoms in total. The standard InChI is InChI=1S/C21H41FN4O10/c1-7-12(27)18(32-4-2-3-22)16(31)21(33-7)36-19-13(28)8(24)5-9(25)17(19)35-20-11(26)15(30)14(29)10(6-23)34-20/h7-21,27-31H,2-6,23-26H2,1H3/t7-,8-,9+,10-,11-,12-,13+,14-,15-,16-,17-,18-,19-,20-,21+/m1/s1. The monoisotopic (exact) mass is 528 g/mol. The van der Waals surface area contributed by atoms with Gasteiger partial charge in [0.25, 0.3) is 0 Å². The summed E-state index contributed by atoms with van der Waals surface area (Å²) in [7, 11) is 0. The summed E-state index contributed by atoms with van der Waals surface area (Å²) in [6.07, 6.45) is -14.5. The van der Waals surface area contributed by atoms with E-state index in [0.717, 1.165) is 0 Å². The summed E-state index contributed by atoms with van der Waals surface area (Å²) in [6.45, 7) is 0.739. The Balaban J connectivity index is 1.78. The maximum absolute atomic E-state index is 12.5. The molecule has 15 heteroatoms. The molecule has 0 aromatic carbocycles. The molecular weight excluding hydrogens is 487 g/mol. The Kier molecular flexibility index (Phi) is 10.8. The van der Waals surface area contributed by atoms with E-state index in [1.807, 2.05) is 0 Å². The van der Waals surface area contributed by atoms with Crippen LogP contribution in [0, 0.1) is 0 Å². The lowest BCUT2D eigenvalue weighted by molar-refractivity contribution is -0.341. The molecule has 0 aromatic heterocycles. The van der Waals surface area contributed by atoms with Gasteiger partial charge in [0.05, 0.1) is 24.9 Å². The van der Waals surface area contributed by atoms with E-state index < -0.39 is 98.4 Å². The number of aliphatic hydroxyl groups is 5. The van der Waals surface area contributed by atoms with Crippen LogP contribution in [0.15, 0.2) is 0 Å². The average Bonchev–Trinajstić information content (AvgIpc) is 2.84. The van der Waals surface area contributed by atoms with Gasteiger partial charge in [-0.1, -0.05) is 0 Å². The molecule has 2 aliphatic heterocycles. The van der Waals surface area contributed by atoms with Crippen LogP contribution in [-0.2, 0) is 23.7 Å². The summed E-state index contributed by atoms with van der Waals surface area (Å²) in [6, 6.07) is -2.77. The third-order valence-corrected chi connectivity index (χ3v) is 7.00. The predicted octanol–water partition coefficient (Wildman–Crippen LogP) is -4.88. The van der Waals surface area contributed by atoms with Crippen molar-refractivity contribution in [3.63, 3.8) is 0 Å². The van der Waals surface area contributed by atoms with Gasteiger partial charge >= 0.3 is 0 Å². The highest BCUT2D eigenvalue weighted by molar-refractivity contribution is 5.01. The SMILES string of the molecule is C[C@H]1O[C@@H](O[C@@H]2[C@@H](O)[C@H](N)C[C@H](N)[C@H]2O[C@H]2O[C@H](CN)[C@@H](O)[C@H](O)[C@H]2N)[C@H](O)[C@H](OCCCF)[C@@H]1O. The van der Waals surface area contributed by atoms with Crippen LogP contribution in [0.1, 0.15) is 19.8 Å².